The average Bonchev–Trinajstić information content (AvgIpc) is 2.28. The van der Waals surface area contributed by atoms with Gasteiger partial charge in [0.1, 0.15) is 0 Å². The molecule has 0 fully saturated rings. The fraction of sp³-hybridized carbons (Fsp3) is 0.812. The summed E-state index contributed by atoms with van der Waals surface area (Å²) >= 11 is 0. The quantitative estimate of drug-likeness (QED) is 0.574. The lowest BCUT2D eigenvalue weighted by Crippen LogP contribution is -2.43. The van der Waals surface area contributed by atoms with Crippen LogP contribution in [0, 0.1) is 10.8 Å². The number of carbonyl (C=O) groups is 1. The lowest BCUT2D eigenvalue weighted by atomic mass is 9.97. The summed E-state index contributed by atoms with van der Waals surface area (Å²) in [5.74, 6) is -4.61. The Morgan fingerprint density at radius 1 is 1.05 bits per heavy atom. The van der Waals surface area contributed by atoms with Gasteiger partial charge in [-0.1, -0.05) is 53.7 Å². The predicted molar refractivity (Wildman–Crippen MR) is 81.4 cm³/mol. The minimum absolute atomic E-state index is 0.0462. The standard InChI is InChI=1S/C16H29F2NO2/c1-14(2,3)11-19-13(20)16(17,18)9-7-8-10-21-12-15(4,5)6/h7-8H,9-12H2,1-6H3,(H,19,20)/b8-7+. The summed E-state index contributed by atoms with van der Waals surface area (Å²) in [4.78, 5) is 11.4. The molecule has 0 heterocycles. The largest absolute Gasteiger partial charge is 0.377 e. The molecule has 0 aliphatic rings. The van der Waals surface area contributed by atoms with Gasteiger partial charge >= 0.3 is 5.92 Å². The van der Waals surface area contributed by atoms with E-state index in [4.69, 9.17) is 4.74 Å². The van der Waals surface area contributed by atoms with E-state index in [9.17, 15) is 13.6 Å². The minimum Gasteiger partial charge on any atom is -0.377 e. The zero-order valence-electron chi connectivity index (χ0n) is 14.1. The van der Waals surface area contributed by atoms with E-state index < -0.39 is 18.3 Å². The molecule has 0 aromatic rings. The third-order valence-corrected chi connectivity index (χ3v) is 2.40. The summed E-state index contributed by atoms with van der Waals surface area (Å²) < 4.78 is 32.5. The summed E-state index contributed by atoms with van der Waals surface area (Å²) in [5.41, 5.74) is -0.174. The molecular weight excluding hydrogens is 276 g/mol. The molecule has 1 N–H and O–H groups in total. The molecule has 0 saturated heterocycles. The van der Waals surface area contributed by atoms with E-state index in [2.05, 4.69) is 5.32 Å². The van der Waals surface area contributed by atoms with Crippen LogP contribution in [0.2, 0.25) is 0 Å². The molecule has 124 valence electrons. The maximum Gasteiger partial charge on any atom is 0.327 e. The number of halogens is 2. The summed E-state index contributed by atoms with van der Waals surface area (Å²) in [6, 6.07) is 0. The van der Waals surface area contributed by atoms with E-state index in [1.54, 1.807) is 0 Å². The Kier molecular flexibility index (Phi) is 7.51. The van der Waals surface area contributed by atoms with Crippen LogP contribution < -0.4 is 5.32 Å². The Labute approximate surface area is 127 Å². The first-order valence-electron chi connectivity index (χ1n) is 7.22. The smallest absolute Gasteiger partial charge is 0.327 e. The summed E-state index contributed by atoms with van der Waals surface area (Å²) in [6.45, 7) is 12.8. The maximum absolute atomic E-state index is 13.6. The van der Waals surface area contributed by atoms with Gasteiger partial charge in [0.25, 0.3) is 5.91 Å². The summed E-state index contributed by atoms with van der Waals surface area (Å²) in [7, 11) is 0. The highest BCUT2D eigenvalue weighted by atomic mass is 19.3. The lowest BCUT2D eigenvalue weighted by Gasteiger charge is -2.21. The summed E-state index contributed by atoms with van der Waals surface area (Å²) in [6.07, 6.45) is 2.21. The molecule has 0 radical (unpaired) electrons. The van der Waals surface area contributed by atoms with Gasteiger partial charge in [-0.2, -0.15) is 8.78 Å². The fourth-order valence-electron chi connectivity index (χ4n) is 1.30. The second-order valence-corrected chi connectivity index (χ2v) is 7.70. The molecule has 0 saturated carbocycles. The van der Waals surface area contributed by atoms with Gasteiger partial charge in [0.15, 0.2) is 0 Å². The van der Waals surface area contributed by atoms with E-state index >= 15 is 0 Å². The van der Waals surface area contributed by atoms with E-state index in [-0.39, 0.29) is 24.0 Å². The molecule has 5 heteroatoms. The van der Waals surface area contributed by atoms with Crippen molar-refractivity contribution in [3.05, 3.63) is 12.2 Å². The Bertz CT molecular complexity index is 352. The molecule has 0 aliphatic carbocycles. The van der Waals surface area contributed by atoms with Crippen molar-refractivity contribution in [2.24, 2.45) is 10.8 Å². The molecule has 1 amide bonds. The van der Waals surface area contributed by atoms with E-state index in [0.717, 1.165) is 0 Å². The number of ether oxygens (including phenoxy) is 1. The molecule has 0 aliphatic heterocycles. The monoisotopic (exact) mass is 305 g/mol. The van der Waals surface area contributed by atoms with Gasteiger partial charge in [-0.15, -0.1) is 0 Å². The van der Waals surface area contributed by atoms with Crippen molar-refractivity contribution in [3.63, 3.8) is 0 Å². The number of alkyl halides is 2. The van der Waals surface area contributed by atoms with E-state index in [0.29, 0.717) is 6.61 Å². The first-order valence-corrected chi connectivity index (χ1v) is 7.22. The minimum atomic E-state index is -3.38. The second kappa shape index (κ2) is 7.87. The molecule has 0 bridgehead atoms. The molecule has 0 atom stereocenters. The number of hydrogen-bond donors (Lipinski definition) is 1. The highest BCUT2D eigenvalue weighted by Gasteiger charge is 2.37. The Hall–Kier alpha value is -0.970. The van der Waals surface area contributed by atoms with Crippen molar-refractivity contribution in [1.29, 1.82) is 0 Å². The van der Waals surface area contributed by atoms with Crippen LogP contribution in [0.5, 0.6) is 0 Å². The predicted octanol–water partition coefficient (Wildman–Crippen LogP) is 3.79. The van der Waals surface area contributed by atoms with Gasteiger partial charge < -0.3 is 10.1 Å². The van der Waals surface area contributed by atoms with Crippen LogP contribution in [0.25, 0.3) is 0 Å². The number of allylic oxidation sites excluding steroid dienone is 1. The van der Waals surface area contributed by atoms with Crippen LogP contribution in [0.1, 0.15) is 48.0 Å². The topological polar surface area (TPSA) is 38.3 Å². The van der Waals surface area contributed by atoms with E-state index in [1.807, 2.05) is 41.5 Å². The van der Waals surface area contributed by atoms with Crippen LogP contribution in [-0.4, -0.2) is 31.6 Å². The van der Waals surface area contributed by atoms with Crippen molar-refractivity contribution < 1.29 is 18.3 Å². The van der Waals surface area contributed by atoms with Crippen LogP contribution in [0.3, 0.4) is 0 Å². The van der Waals surface area contributed by atoms with Gasteiger partial charge in [-0.25, -0.2) is 0 Å². The molecule has 0 aromatic carbocycles. The third kappa shape index (κ3) is 11.4. The van der Waals surface area contributed by atoms with Crippen molar-refractivity contribution in [2.45, 2.75) is 53.9 Å². The van der Waals surface area contributed by atoms with Crippen LogP contribution >= 0.6 is 0 Å². The third-order valence-electron chi connectivity index (χ3n) is 2.40. The molecule has 0 spiro atoms. The van der Waals surface area contributed by atoms with Gasteiger partial charge in [0, 0.05) is 13.0 Å². The number of hydrogen-bond acceptors (Lipinski definition) is 2. The highest BCUT2D eigenvalue weighted by Crippen LogP contribution is 2.20. The highest BCUT2D eigenvalue weighted by molar-refractivity contribution is 5.83. The maximum atomic E-state index is 13.6. The van der Waals surface area contributed by atoms with Crippen molar-refractivity contribution >= 4 is 5.91 Å². The Morgan fingerprint density at radius 3 is 2.10 bits per heavy atom. The lowest BCUT2D eigenvalue weighted by molar-refractivity contribution is -0.145. The second-order valence-electron chi connectivity index (χ2n) is 7.70. The van der Waals surface area contributed by atoms with Crippen molar-refractivity contribution in [3.8, 4) is 0 Å². The van der Waals surface area contributed by atoms with E-state index in [1.165, 1.54) is 12.2 Å². The van der Waals surface area contributed by atoms with Gasteiger partial charge in [0.2, 0.25) is 0 Å². The van der Waals surface area contributed by atoms with Gasteiger partial charge in [-0.3, -0.25) is 4.79 Å². The zero-order valence-corrected chi connectivity index (χ0v) is 14.1. The number of amides is 1. The first-order chi connectivity index (χ1) is 9.33. The molecule has 21 heavy (non-hydrogen) atoms. The number of rotatable bonds is 7. The molecular formula is C16H29F2NO2. The van der Waals surface area contributed by atoms with Gasteiger partial charge in [-0.05, 0) is 10.8 Å². The van der Waals surface area contributed by atoms with Crippen LogP contribution in [0.15, 0.2) is 12.2 Å². The first kappa shape index (κ1) is 20.0. The van der Waals surface area contributed by atoms with Crippen molar-refractivity contribution in [2.75, 3.05) is 19.8 Å². The SMILES string of the molecule is CC(C)(C)CNC(=O)C(F)(F)C/C=C/COCC(C)(C)C. The molecule has 0 unspecified atom stereocenters. The Morgan fingerprint density at radius 2 is 1.62 bits per heavy atom. The zero-order chi connectivity index (χ0) is 16.7. The molecule has 0 rings (SSSR count). The molecule has 0 aromatic heterocycles. The molecule has 3 nitrogen and oxygen atoms in total. The average molecular weight is 305 g/mol. The number of nitrogens with one attached hydrogen (secondary N) is 1. The van der Waals surface area contributed by atoms with Crippen LogP contribution in [-0.2, 0) is 9.53 Å². The fourth-order valence-corrected chi connectivity index (χ4v) is 1.30. The normalized spacial score (nSPS) is 13.7. The van der Waals surface area contributed by atoms with Crippen LogP contribution in [0.4, 0.5) is 8.78 Å². The van der Waals surface area contributed by atoms with Gasteiger partial charge in [0.05, 0.1) is 13.2 Å². The van der Waals surface area contributed by atoms with Crippen molar-refractivity contribution in [1.82, 2.24) is 5.32 Å². The Balaban J connectivity index is 4.08. The number of carbonyl (C=O) groups excluding carboxylic acids is 1. The summed E-state index contributed by atoms with van der Waals surface area (Å²) in [5, 5.41) is 2.28.